The van der Waals surface area contributed by atoms with Crippen molar-refractivity contribution in [2.24, 2.45) is 0 Å². The zero-order valence-electron chi connectivity index (χ0n) is 12.5. The van der Waals surface area contributed by atoms with Gasteiger partial charge in [0.15, 0.2) is 0 Å². The van der Waals surface area contributed by atoms with E-state index in [-0.39, 0.29) is 16.6 Å². The van der Waals surface area contributed by atoms with Crippen molar-refractivity contribution in [3.63, 3.8) is 0 Å². The summed E-state index contributed by atoms with van der Waals surface area (Å²) in [7, 11) is 1.58. The molecule has 1 aromatic carbocycles. The quantitative estimate of drug-likeness (QED) is 0.802. The Balaban J connectivity index is 2.34. The molecule has 20 heavy (non-hydrogen) atoms. The first kappa shape index (κ1) is 15.6. The van der Waals surface area contributed by atoms with Crippen LogP contribution in [0.2, 0.25) is 0 Å². The van der Waals surface area contributed by atoms with Gasteiger partial charge in [0.25, 0.3) is 0 Å². The predicted octanol–water partition coefficient (Wildman–Crippen LogP) is 3.43. The van der Waals surface area contributed by atoms with Crippen molar-refractivity contribution in [3.8, 4) is 5.75 Å². The summed E-state index contributed by atoms with van der Waals surface area (Å²) in [6.07, 6.45) is 1.84. The largest absolute Gasteiger partial charge is 0.597 e. The summed E-state index contributed by atoms with van der Waals surface area (Å²) < 4.78 is 33.2. The fraction of sp³-hybridized carbons (Fsp3) is 0.600. The maximum absolute atomic E-state index is 13.5. The summed E-state index contributed by atoms with van der Waals surface area (Å²) in [5, 5.41) is 0. The predicted molar refractivity (Wildman–Crippen MR) is 79.5 cm³/mol. The molecule has 0 aromatic heterocycles. The number of halogens is 1. The van der Waals surface area contributed by atoms with Crippen molar-refractivity contribution in [1.29, 1.82) is 0 Å². The molecule has 0 amide bonds. The summed E-state index contributed by atoms with van der Waals surface area (Å²) in [6, 6.07) is 4.49. The smallest absolute Gasteiger partial charge is 0.137 e. The van der Waals surface area contributed by atoms with Crippen LogP contribution >= 0.6 is 0 Å². The number of hydrogen-bond donors (Lipinski definition) is 0. The molecule has 0 bridgehead atoms. The van der Waals surface area contributed by atoms with Gasteiger partial charge >= 0.3 is 0 Å². The number of rotatable bonds is 3. The van der Waals surface area contributed by atoms with Gasteiger partial charge in [-0.2, -0.15) is 0 Å². The van der Waals surface area contributed by atoms with Crippen molar-refractivity contribution < 1.29 is 13.7 Å². The molecule has 5 heteroatoms. The monoisotopic (exact) mass is 299 g/mol. The number of nitrogens with zero attached hydrogens (tertiary/aromatic N) is 1. The van der Waals surface area contributed by atoms with E-state index in [1.165, 1.54) is 12.1 Å². The fourth-order valence-electron chi connectivity index (χ4n) is 2.57. The molecule has 0 unspecified atom stereocenters. The van der Waals surface area contributed by atoms with E-state index in [2.05, 4.69) is 0 Å². The Bertz CT molecular complexity index is 475. The molecule has 112 valence electrons. The molecule has 1 heterocycles. The molecular formula is C15H22FNO2S. The molecular weight excluding hydrogens is 277 g/mol. The van der Waals surface area contributed by atoms with E-state index < -0.39 is 11.4 Å². The van der Waals surface area contributed by atoms with Crippen molar-refractivity contribution in [3.05, 3.63) is 29.6 Å². The summed E-state index contributed by atoms with van der Waals surface area (Å²) >= 11 is -1.10. The zero-order chi connectivity index (χ0) is 14.9. The summed E-state index contributed by atoms with van der Waals surface area (Å²) in [5.41, 5.74) is 0.794. The van der Waals surface area contributed by atoms with Gasteiger partial charge in [-0.05, 0) is 51.8 Å². The Kier molecular flexibility index (Phi) is 4.62. The van der Waals surface area contributed by atoms with Crippen LogP contribution in [0, 0.1) is 5.82 Å². The molecule has 1 saturated heterocycles. The molecule has 2 atom stereocenters. The lowest BCUT2D eigenvalue weighted by atomic mass is 10.0. The Morgan fingerprint density at radius 2 is 2.10 bits per heavy atom. The minimum atomic E-state index is -1.10. The summed E-state index contributed by atoms with van der Waals surface area (Å²) in [5.74, 6) is 0.378. The topological polar surface area (TPSA) is 35.5 Å². The summed E-state index contributed by atoms with van der Waals surface area (Å²) in [6.45, 7) is 6.65. The van der Waals surface area contributed by atoms with Gasteiger partial charge < -0.3 is 9.29 Å². The van der Waals surface area contributed by atoms with Gasteiger partial charge in [0.1, 0.15) is 16.3 Å². The minimum absolute atomic E-state index is 0.0410. The molecule has 1 aromatic rings. The van der Waals surface area contributed by atoms with Crippen LogP contribution in [0.4, 0.5) is 4.39 Å². The lowest BCUT2D eigenvalue weighted by molar-refractivity contribution is 0.356. The van der Waals surface area contributed by atoms with E-state index in [1.807, 2.05) is 25.1 Å². The SMILES string of the molecule is COc1ccc(F)cc1[C@H]1CCCN1[S@@+]([O-])C(C)(C)C. The van der Waals surface area contributed by atoms with Gasteiger partial charge in [0.2, 0.25) is 0 Å². The Hall–Kier alpha value is -0.780. The maximum Gasteiger partial charge on any atom is 0.137 e. The van der Waals surface area contributed by atoms with Gasteiger partial charge in [0, 0.05) is 23.5 Å². The second-order valence-corrected chi connectivity index (χ2v) is 8.24. The van der Waals surface area contributed by atoms with E-state index in [9.17, 15) is 8.94 Å². The van der Waals surface area contributed by atoms with E-state index >= 15 is 0 Å². The Morgan fingerprint density at radius 3 is 2.70 bits per heavy atom. The van der Waals surface area contributed by atoms with Crippen LogP contribution in [0.1, 0.15) is 45.2 Å². The molecule has 0 saturated carbocycles. The van der Waals surface area contributed by atoms with Crippen molar-refractivity contribution in [2.75, 3.05) is 13.7 Å². The summed E-state index contributed by atoms with van der Waals surface area (Å²) in [4.78, 5) is 0. The van der Waals surface area contributed by atoms with E-state index in [1.54, 1.807) is 13.2 Å². The average Bonchev–Trinajstić information content (AvgIpc) is 2.85. The molecule has 1 fully saturated rings. The lowest BCUT2D eigenvalue weighted by Gasteiger charge is -2.34. The lowest BCUT2D eigenvalue weighted by Crippen LogP contribution is -2.42. The van der Waals surface area contributed by atoms with Gasteiger partial charge in [-0.25, -0.2) is 4.39 Å². The molecule has 3 nitrogen and oxygen atoms in total. The van der Waals surface area contributed by atoms with Gasteiger partial charge in [0.05, 0.1) is 13.2 Å². The highest BCUT2D eigenvalue weighted by molar-refractivity contribution is 7.90. The zero-order valence-corrected chi connectivity index (χ0v) is 13.3. The second-order valence-electron chi connectivity index (χ2n) is 6.05. The third kappa shape index (κ3) is 3.10. The highest BCUT2D eigenvalue weighted by Gasteiger charge is 2.42. The van der Waals surface area contributed by atoms with Crippen LogP contribution in [0.5, 0.6) is 5.75 Å². The second kappa shape index (κ2) is 5.92. The molecule has 1 aliphatic heterocycles. The number of methoxy groups -OCH3 is 1. The van der Waals surface area contributed by atoms with Crippen LogP contribution in [0.3, 0.4) is 0 Å². The molecule has 0 aliphatic carbocycles. The number of ether oxygens (including phenoxy) is 1. The highest BCUT2D eigenvalue weighted by Crippen LogP contribution is 2.41. The van der Waals surface area contributed by atoms with Crippen LogP contribution in [0.15, 0.2) is 18.2 Å². The number of hydrogen-bond acceptors (Lipinski definition) is 3. The Labute approximate surface area is 123 Å². The molecule has 0 radical (unpaired) electrons. The van der Waals surface area contributed by atoms with Crippen molar-refractivity contribution >= 4 is 11.4 Å². The Morgan fingerprint density at radius 1 is 1.40 bits per heavy atom. The fourth-order valence-corrected chi connectivity index (χ4v) is 4.02. The molecule has 1 aliphatic rings. The van der Waals surface area contributed by atoms with Crippen LogP contribution in [-0.4, -0.2) is 27.3 Å². The molecule has 0 N–H and O–H groups in total. The normalized spacial score (nSPS) is 22.0. The third-order valence-corrected chi connectivity index (χ3v) is 5.40. The number of benzene rings is 1. The van der Waals surface area contributed by atoms with Crippen LogP contribution < -0.4 is 4.74 Å². The van der Waals surface area contributed by atoms with Crippen LogP contribution in [0.25, 0.3) is 0 Å². The van der Waals surface area contributed by atoms with Crippen molar-refractivity contribution in [1.82, 2.24) is 4.31 Å². The standard InChI is InChI=1S/C15H22FNO2S/c1-15(2,3)20(18)17-9-5-6-13(17)12-10-11(16)7-8-14(12)19-4/h7-8,10,13H,5-6,9H2,1-4H3/t13-,20+/m1/s1. The van der Waals surface area contributed by atoms with Gasteiger partial charge in [-0.3, -0.25) is 0 Å². The maximum atomic E-state index is 13.5. The van der Waals surface area contributed by atoms with Gasteiger partial charge in [-0.1, -0.05) is 0 Å². The van der Waals surface area contributed by atoms with E-state index in [4.69, 9.17) is 4.74 Å². The van der Waals surface area contributed by atoms with E-state index in [0.29, 0.717) is 5.75 Å². The highest BCUT2D eigenvalue weighted by atomic mass is 32.2. The molecule has 0 spiro atoms. The third-order valence-electron chi connectivity index (χ3n) is 3.49. The first-order chi connectivity index (χ1) is 9.34. The molecule has 2 rings (SSSR count). The minimum Gasteiger partial charge on any atom is -0.597 e. The van der Waals surface area contributed by atoms with Crippen LogP contribution in [-0.2, 0) is 11.4 Å². The van der Waals surface area contributed by atoms with Gasteiger partial charge in [-0.15, -0.1) is 4.31 Å². The first-order valence-corrected chi connectivity index (χ1v) is 7.97. The average molecular weight is 299 g/mol. The van der Waals surface area contributed by atoms with E-state index in [0.717, 1.165) is 24.9 Å². The van der Waals surface area contributed by atoms with Crippen molar-refractivity contribution in [2.45, 2.75) is 44.4 Å². The first-order valence-electron chi connectivity index (χ1n) is 6.86.